The number of carbonyl (C=O) groups excluding carboxylic acids is 1. The molecule has 1 N–H and O–H groups in total. The van der Waals surface area contributed by atoms with E-state index in [0.29, 0.717) is 11.3 Å². The Balaban J connectivity index is 2.65. The molecule has 0 atom stereocenters. The Hall–Kier alpha value is -2.02. The molecule has 1 aromatic carbocycles. The Morgan fingerprint density at radius 3 is 2.82 bits per heavy atom. The monoisotopic (exact) mass is 231 g/mol. The van der Waals surface area contributed by atoms with Crippen molar-refractivity contribution in [1.82, 2.24) is 4.90 Å². The highest BCUT2D eigenvalue weighted by molar-refractivity contribution is 5.90. The minimum Gasteiger partial charge on any atom is -0.328 e. The molecule has 0 aliphatic heterocycles. The van der Waals surface area contributed by atoms with E-state index in [1.165, 1.54) is 0 Å². The lowest BCUT2D eigenvalue weighted by Crippen LogP contribution is -2.32. The molecule has 1 aromatic rings. The number of amides is 2. The molecule has 0 fully saturated rings. The van der Waals surface area contributed by atoms with Gasteiger partial charge in [0.05, 0.1) is 11.3 Å². The highest BCUT2D eigenvalue weighted by Crippen LogP contribution is 2.13. The van der Waals surface area contributed by atoms with E-state index < -0.39 is 0 Å². The highest BCUT2D eigenvalue weighted by Gasteiger charge is 2.09. The van der Waals surface area contributed by atoms with Crippen molar-refractivity contribution >= 4 is 11.7 Å². The topological polar surface area (TPSA) is 56.1 Å². The Kier molecular flexibility index (Phi) is 5.02. The van der Waals surface area contributed by atoms with Gasteiger partial charge >= 0.3 is 6.03 Å². The third-order valence-corrected chi connectivity index (χ3v) is 2.48. The number of nitrogens with one attached hydrogen (secondary N) is 1. The van der Waals surface area contributed by atoms with Gasteiger partial charge in [0.25, 0.3) is 0 Å². The molecule has 2 amide bonds. The number of nitriles is 1. The van der Waals surface area contributed by atoms with Crippen LogP contribution in [0.2, 0.25) is 0 Å². The molecule has 4 nitrogen and oxygen atoms in total. The number of para-hydroxylation sites is 1. The van der Waals surface area contributed by atoms with E-state index in [1.807, 2.05) is 6.07 Å². The van der Waals surface area contributed by atoms with Crippen molar-refractivity contribution in [3.05, 3.63) is 29.8 Å². The van der Waals surface area contributed by atoms with Crippen LogP contribution < -0.4 is 5.32 Å². The summed E-state index contributed by atoms with van der Waals surface area (Å²) in [6, 6.07) is 8.85. The average molecular weight is 231 g/mol. The van der Waals surface area contributed by atoms with Crippen LogP contribution in [-0.4, -0.2) is 24.5 Å². The maximum atomic E-state index is 11.8. The summed E-state index contributed by atoms with van der Waals surface area (Å²) in [5.74, 6) is 0. The quantitative estimate of drug-likeness (QED) is 0.866. The second-order valence-electron chi connectivity index (χ2n) is 3.86. The molecule has 0 aliphatic carbocycles. The molecular weight excluding hydrogens is 214 g/mol. The average Bonchev–Trinajstić information content (AvgIpc) is 2.36. The number of carbonyl (C=O) groups is 1. The van der Waals surface area contributed by atoms with E-state index in [9.17, 15) is 4.79 Å². The van der Waals surface area contributed by atoms with Crippen molar-refractivity contribution in [2.75, 3.05) is 18.9 Å². The van der Waals surface area contributed by atoms with Gasteiger partial charge in [0.2, 0.25) is 0 Å². The first-order valence-corrected chi connectivity index (χ1v) is 5.70. The van der Waals surface area contributed by atoms with Gasteiger partial charge in [0.15, 0.2) is 0 Å². The predicted octanol–water partition coefficient (Wildman–Crippen LogP) is 2.82. The number of anilines is 1. The Morgan fingerprint density at radius 2 is 2.18 bits per heavy atom. The van der Waals surface area contributed by atoms with Crippen LogP contribution in [0.4, 0.5) is 10.5 Å². The zero-order chi connectivity index (χ0) is 12.7. The van der Waals surface area contributed by atoms with Crippen LogP contribution in [0.15, 0.2) is 24.3 Å². The number of hydrogen-bond donors (Lipinski definition) is 1. The fraction of sp³-hybridized carbons (Fsp3) is 0.385. The second kappa shape index (κ2) is 6.54. The molecule has 0 aliphatic rings. The maximum absolute atomic E-state index is 11.8. The van der Waals surface area contributed by atoms with Gasteiger partial charge in [0, 0.05) is 13.6 Å². The summed E-state index contributed by atoms with van der Waals surface area (Å²) in [6.07, 6.45) is 2.02. The van der Waals surface area contributed by atoms with E-state index >= 15 is 0 Å². The minimum atomic E-state index is -0.179. The van der Waals surface area contributed by atoms with Crippen molar-refractivity contribution in [2.45, 2.75) is 19.8 Å². The van der Waals surface area contributed by atoms with Crippen molar-refractivity contribution in [3.63, 3.8) is 0 Å². The summed E-state index contributed by atoms with van der Waals surface area (Å²) < 4.78 is 0. The van der Waals surface area contributed by atoms with E-state index in [-0.39, 0.29) is 6.03 Å². The normalized spacial score (nSPS) is 9.47. The van der Waals surface area contributed by atoms with Crippen LogP contribution in [0.3, 0.4) is 0 Å². The van der Waals surface area contributed by atoms with Gasteiger partial charge in [0.1, 0.15) is 6.07 Å². The van der Waals surface area contributed by atoms with Gasteiger partial charge in [-0.1, -0.05) is 25.5 Å². The van der Waals surface area contributed by atoms with Gasteiger partial charge in [-0.15, -0.1) is 0 Å². The molecule has 0 saturated heterocycles. The van der Waals surface area contributed by atoms with Crippen LogP contribution in [0.25, 0.3) is 0 Å². The molecule has 0 spiro atoms. The van der Waals surface area contributed by atoms with Crippen molar-refractivity contribution in [1.29, 1.82) is 5.26 Å². The first kappa shape index (κ1) is 13.0. The standard InChI is InChI=1S/C13H17N3O/c1-3-4-9-16(2)13(17)15-12-8-6-5-7-11(12)10-14/h5-8H,3-4,9H2,1-2H3,(H,15,17). The van der Waals surface area contributed by atoms with Crippen molar-refractivity contribution in [3.8, 4) is 6.07 Å². The number of rotatable bonds is 4. The molecule has 0 heterocycles. The van der Waals surface area contributed by atoms with Crippen LogP contribution in [-0.2, 0) is 0 Å². The third kappa shape index (κ3) is 3.80. The molecular formula is C13H17N3O. The molecule has 0 unspecified atom stereocenters. The lowest BCUT2D eigenvalue weighted by molar-refractivity contribution is 0.222. The summed E-state index contributed by atoms with van der Waals surface area (Å²) in [4.78, 5) is 13.4. The van der Waals surface area contributed by atoms with Crippen molar-refractivity contribution < 1.29 is 4.79 Å². The fourth-order valence-electron chi connectivity index (χ4n) is 1.40. The smallest absolute Gasteiger partial charge is 0.321 e. The molecule has 4 heteroatoms. The largest absolute Gasteiger partial charge is 0.328 e. The van der Waals surface area contributed by atoms with Crippen LogP contribution >= 0.6 is 0 Å². The second-order valence-corrected chi connectivity index (χ2v) is 3.86. The Labute approximate surface area is 102 Å². The summed E-state index contributed by atoms with van der Waals surface area (Å²) in [6.45, 7) is 2.80. The Morgan fingerprint density at radius 1 is 1.47 bits per heavy atom. The molecule has 90 valence electrons. The maximum Gasteiger partial charge on any atom is 0.321 e. The molecule has 0 saturated carbocycles. The molecule has 0 bridgehead atoms. The fourth-order valence-corrected chi connectivity index (χ4v) is 1.40. The van der Waals surface area contributed by atoms with Gasteiger partial charge in [-0.25, -0.2) is 4.79 Å². The zero-order valence-electron chi connectivity index (χ0n) is 10.2. The summed E-state index contributed by atoms with van der Waals surface area (Å²) in [5, 5.41) is 11.6. The summed E-state index contributed by atoms with van der Waals surface area (Å²) in [5.41, 5.74) is 1.04. The van der Waals surface area contributed by atoms with E-state index in [0.717, 1.165) is 19.4 Å². The third-order valence-electron chi connectivity index (χ3n) is 2.48. The van der Waals surface area contributed by atoms with Gasteiger partial charge in [-0.3, -0.25) is 0 Å². The number of hydrogen-bond acceptors (Lipinski definition) is 2. The molecule has 17 heavy (non-hydrogen) atoms. The number of nitrogens with zero attached hydrogens (tertiary/aromatic N) is 2. The van der Waals surface area contributed by atoms with Gasteiger partial charge in [-0.05, 0) is 18.6 Å². The van der Waals surface area contributed by atoms with Crippen LogP contribution in [0, 0.1) is 11.3 Å². The van der Waals surface area contributed by atoms with Gasteiger partial charge < -0.3 is 10.2 Å². The van der Waals surface area contributed by atoms with E-state index in [1.54, 1.807) is 36.2 Å². The first-order valence-electron chi connectivity index (χ1n) is 5.70. The van der Waals surface area contributed by atoms with Crippen molar-refractivity contribution in [2.24, 2.45) is 0 Å². The van der Waals surface area contributed by atoms with E-state index in [2.05, 4.69) is 12.2 Å². The van der Waals surface area contributed by atoms with Crippen LogP contribution in [0.1, 0.15) is 25.3 Å². The first-order chi connectivity index (χ1) is 8.19. The number of unbranched alkanes of at least 4 members (excludes halogenated alkanes) is 1. The lowest BCUT2D eigenvalue weighted by Gasteiger charge is -2.17. The number of urea groups is 1. The SMILES string of the molecule is CCCCN(C)C(=O)Nc1ccccc1C#N. The lowest BCUT2D eigenvalue weighted by atomic mass is 10.2. The Bertz CT molecular complexity index is 423. The highest BCUT2D eigenvalue weighted by atomic mass is 16.2. The molecule has 1 rings (SSSR count). The number of benzene rings is 1. The van der Waals surface area contributed by atoms with Gasteiger partial charge in [-0.2, -0.15) is 5.26 Å². The summed E-state index contributed by atoms with van der Waals surface area (Å²) in [7, 11) is 1.75. The minimum absolute atomic E-state index is 0.179. The predicted molar refractivity (Wildman–Crippen MR) is 67.7 cm³/mol. The molecule has 0 radical (unpaired) electrons. The van der Waals surface area contributed by atoms with Crippen LogP contribution in [0.5, 0.6) is 0 Å². The molecule has 0 aromatic heterocycles. The van der Waals surface area contributed by atoms with E-state index in [4.69, 9.17) is 5.26 Å². The zero-order valence-corrected chi connectivity index (χ0v) is 10.2. The summed E-state index contributed by atoms with van der Waals surface area (Å²) >= 11 is 0.